The van der Waals surface area contributed by atoms with E-state index in [0.717, 1.165) is 37.5 Å². The van der Waals surface area contributed by atoms with Crippen LogP contribution in [0.15, 0.2) is 79.1 Å². The van der Waals surface area contributed by atoms with Gasteiger partial charge in [0.2, 0.25) is 0 Å². The molecule has 0 radical (unpaired) electrons. The van der Waals surface area contributed by atoms with E-state index >= 15 is 0 Å². The molecular formula is C20H14IN3O. The van der Waals surface area contributed by atoms with E-state index in [2.05, 4.69) is 43.9 Å². The minimum absolute atomic E-state index is 0.791. The summed E-state index contributed by atoms with van der Waals surface area (Å²) in [5, 5.41) is 4.35. The van der Waals surface area contributed by atoms with E-state index in [4.69, 9.17) is 4.74 Å². The average Bonchev–Trinajstić information content (AvgIpc) is 2.65. The average molecular weight is 439 g/mol. The number of benzene rings is 3. The van der Waals surface area contributed by atoms with E-state index < -0.39 is 0 Å². The Bertz CT molecular complexity index is 1000. The molecule has 0 unspecified atom stereocenters. The van der Waals surface area contributed by atoms with E-state index in [1.54, 1.807) is 6.33 Å². The molecule has 122 valence electrons. The van der Waals surface area contributed by atoms with Crippen LogP contribution in [0.3, 0.4) is 0 Å². The SMILES string of the molecule is Ic1ccc2ncnc(Nc3ccc(Oc4ccccc4)cc3)c2c1. The molecular weight excluding hydrogens is 425 g/mol. The number of ether oxygens (including phenoxy) is 1. The van der Waals surface area contributed by atoms with Crippen LogP contribution in [0.5, 0.6) is 11.5 Å². The molecule has 1 heterocycles. The van der Waals surface area contributed by atoms with Crippen LogP contribution in [0.2, 0.25) is 0 Å². The van der Waals surface area contributed by atoms with Crippen molar-refractivity contribution in [3.63, 3.8) is 0 Å². The van der Waals surface area contributed by atoms with E-state index in [0.29, 0.717) is 0 Å². The second-order valence-electron chi connectivity index (χ2n) is 5.45. The van der Waals surface area contributed by atoms with Crippen LogP contribution < -0.4 is 10.1 Å². The van der Waals surface area contributed by atoms with Crippen LogP contribution in [0.1, 0.15) is 0 Å². The molecule has 4 aromatic rings. The van der Waals surface area contributed by atoms with Gasteiger partial charge in [-0.05, 0) is 77.2 Å². The van der Waals surface area contributed by atoms with Crippen LogP contribution >= 0.6 is 22.6 Å². The van der Waals surface area contributed by atoms with Gasteiger partial charge < -0.3 is 10.1 Å². The Morgan fingerprint density at radius 1 is 0.800 bits per heavy atom. The molecule has 4 rings (SSSR count). The molecule has 3 aromatic carbocycles. The summed E-state index contributed by atoms with van der Waals surface area (Å²) in [6.45, 7) is 0. The Labute approximate surface area is 159 Å². The lowest BCUT2D eigenvalue weighted by atomic mass is 10.2. The minimum atomic E-state index is 0.791. The third-order valence-corrected chi connectivity index (χ3v) is 4.36. The lowest BCUT2D eigenvalue weighted by molar-refractivity contribution is 0.483. The summed E-state index contributed by atoms with van der Waals surface area (Å²) in [5.41, 5.74) is 1.86. The van der Waals surface area contributed by atoms with Gasteiger partial charge in [-0.25, -0.2) is 9.97 Å². The maximum atomic E-state index is 5.82. The summed E-state index contributed by atoms with van der Waals surface area (Å²) in [7, 11) is 0. The van der Waals surface area contributed by atoms with Crippen LogP contribution in [-0.2, 0) is 0 Å². The molecule has 5 heteroatoms. The van der Waals surface area contributed by atoms with Gasteiger partial charge in [0, 0.05) is 14.6 Å². The zero-order chi connectivity index (χ0) is 17.1. The highest BCUT2D eigenvalue weighted by Gasteiger charge is 2.05. The molecule has 0 atom stereocenters. The molecule has 0 amide bonds. The first-order valence-electron chi connectivity index (χ1n) is 7.78. The molecule has 25 heavy (non-hydrogen) atoms. The number of nitrogens with one attached hydrogen (secondary N) is 1. The lowest BCUT2D eigenvalue weighted by Crippen LogP contribution is -1.96. The zero-order valence-corrected chi connectivity index (χ0v) is 15.3. The predicted octanol–water partition coefficient (Wildman–Crippen LogP) is 5.77. The third-order valence-electron chi connectivity index (χ3n) is 3.69. The monoisotopic (exact) mass is 439 g/mol. The van der Waals surface area contributed by atoms with E-state index in [1.807, 2.05) is 66.7 Å². The molecule has 0 aliphatic heterocycles. The largest absolute Gasteiger partial charge is 0.457 e. The minimum Gasteiger partial charge on any atom is -0.457 e. The quantitative estimate of drug-likeness (QED) is 0.410. The molecule has 0 bridgehead atoms. The van der Waals surface area contributed by atoms with Gasteiger partial charge in [0.15, 0.2) is 0 Å². The van der Waals surface area contributed by atoms with Crippen molar-refractivity contribution in [2.24, 2.45) is 0 Å². The number of hydrogen-bond acceptors (Lipinski definition) is 4. The molecule has 0 spiro atoms. The highest BCUT2D eigenvalue weighted by Crippen LogP contribution is 2.27. The highest BCUT2D eigenvalue weighted by atomic mass is 127. The summed E-state index contributed by atoms with van der Waals surface area (Å²) >= 11 is 2.29. The second kappa shape index (κ2) is 7.06. The zero-order valence-electron chi connectivity index (χ0n) is 13.2. The van der Waals surface area contributed by atoms with E-state index in [9.17, 15) is 0 Å². The number of hydrogen-bond donors (Lipinski definition) is 1. The fraction of sp³-hybridized carbons (Fsp3) is 0. The van der Waals surface area contributed by atoms with Gasteiger partial charge in [-0.3, -0.25) is 0 Å². The van der Waals surface area contributed by atoms with Crippen molar-refractivity contribution < 1.29 is 4.74 Å². The Balaban J connectivity index is 1.56. The number of aromatic nitrogens is 2. The van der Waals surface area contributed by atoms with Crippen molar-refractivity contribution in [2.45, 2.75) is 0 Å². The first-order valence-corrected chi connectivity index (χ1v) is 8.86. The number of halogens is 1. The van der Waals surface area contributed by atoms with Crippen LogP contribution in [0.25, 0.3) is 10.9 Å². The summed E-state index contributed by atoms with van der Waals surface area (Å²) in [6, 6.07) is 23.7. The Morgan fingerprint density at radius 2 is 1.56 bits per heavy atom. The molecule has 0 fully saturated rings. The Hall–Kier alpha value is -2.67. The van der Waals surface area contributed by atoms with Gasteiger partial charge in [0.25, 0.3) is 0 Å². The fourth-order valence-electron chi connectivity index (χ4n) is 2.50. The van der Waals surface area contributed by atoms with Gasteiger partial charge in [-0.15, -0.1) is 0 Å². The summed E-state index contributed by atoms with van der Waals surface area (Å²) in [4.78, 5) is 8.69. The fourth-order valence-corrected chi connectivity index (χ4v) is 2.99. The highest BCUT2D eigenvalue weighted by molar-refractivity contribution is 14.1. The lowest BCUT2D eigenvalue weighted by Gasteiger charge is -2.10. The summed E-state index contributed by atoms with van der Waals surface area (Å²) in [6.07, 6.45) is 1.57. The van der Waals surface area contributed by atoms with Crippen LogP contribution in [0, 0.1) is 3.57 Å². The number of para-hydroxylation sites is 1. The van der Waals surface area contributed by atoms with Gasteiger partial charge in [0.1, 0.15) is 23.6 Å². The van der Waals surface area contributed by atoms with Crippen molar-refractivity contribution in [2.75, 3.05) is 5.32 Å². The van der Waals surface area contributed by atoms with Crippen molar-refractivity contribution in [3.05, 3.63) is 82.7 Å². The summed E-state index contributed by atoms with van der Waals surface area (Å²) in [5.74, 6) is 2.40. The van der Waals surface area contributed by atoms with Crippen molar-refractivity contribution in [1.82, 2.24) is 9.97 Å². The predicted molar refractivity (Wildman–Crippen MR) is 108 cm³/mol. The topological polar surface area (TPSA) is 47.0 Å². The molecule has 0 aliphatic rings. The maximum absolute atomic E-state index is 5.82. The molecule has 0 aliphatic carbocycles. The van der Waals surface area contributed by atoms with Gasteiger partial charge in [-0.2, -0.15) is 0 Å². The standard InChI is InChI=1S/C20H14IN3O/c21-14-6-11-19-18(12-14)20(23-13-22-19)24-15-7-9-17(10-8-15)25-16-4-2-1-3-5-16/h1-13H,(H,22,23,24). The molecule has 1 N–H and O–H groups in total. The van der Waals surface area contributed by atoms with Crippen molar-refractivity contribution in [3.8, 4) is 11.5 Å². The van der Waals surface area contributed by atoms with E-state index in [1.165, 1.54) is 0 Å². The van der Waals surface area contributed by atoms with Crippen LogP contribution in [0.4, 0.5) is 11.5 Å². The third kappa shape index (κ3) is 3.71. The van der Waals surface area contributed by atoms with Gasteiger partial charge in [0.05, 0.1) is 5.52 Å². The Morgan fingerprint density at radius 3 is 2.36 bits per heavy atom. The summed E-state index contributed by atoms with van der Waals surface area (Å²) < 4.78 is 6.96. The van der Waals surface area contributed by atoms with Gasteiger partial charge >= 0.3 is 0 Å². The molecule has 0 saturated heterocycles. The number of rotatable bonds is 4. The smallest absolute Gasteiger partial charge is 0.141 e. The Kier molecular flexibility index (Phi) is 4.47. The molecule has 0 saturated carbocycles. The molecule has 4 nitrogen and oxygen atoms in total. The maximum Gasteiger partial charge on any atom is 0.141 e. The second-order valence-corrected chi connectivity index (χ2v) is 6.69. The van der Waals surface area contributed by atoms with Crippen molar-refractivity contribution >= 4 is 45.0 Å². The van der Waals surface area contributed by atoms with Crippen LogP contribution in [-0.4, -0.2) is 9.97 Å². The first kappa shape index (κ1) is 15.8. The normalized spacial score (nSPS) is 10.6. The molecule has 1 aromatic heterocycles. The first-order chi connectivity index (χ1) is 12.3. The van der Waals surface area contributed by atoms with Gasteiger partial charge in [-0.1, -0.05) is 18.2 Å². The van der Waals surface area contributed by atoms with Crippen molar-refractivity contribution in [1.29, 1.82) is 0 Å². The van der Waals surface area contributed by atoms with E-state index in [-0.39, 0.29) is 0 Å². The number of nitrogens with zero attached hydrogens (tertiary/aromatic N) is 2. The number of anilines is 2. The number of fused-ring (bicyclic) bond motifs is 1.